The van der Waals surface area contributed by atoms with Gasteiger partial charge in [0.1, 0.15) is 12.1 Å². The summed E-state index contributed by atoms with van der Waals surface area (Å²) in [5.41, 5.74) is 0. The fourth-order valence-corrected chi connectivity index (χ4v) is 3.59. The third kappa shape index (κ3) is 3.39. The van der Waals surface area contributed by atoms with Crippen molar-refractivity contribution in [1.82, 2.24) is 10.2 Å². The van der Waals surface area contributed by atoms with Crippen molar-refractivity contribution in [3.63, 3.8) is 0 Å². The molecule has 1 saturated carbocycles. The molecule has 6 nitrogen and oxygen atoms in total. The lowest BCUT2D eigenvalue weighted by atomic mass is 10.0. The highest BCUT2D eigenvalue weighted by Crippen LogP contribution is 2.35. The first-order valence-electron chi connectivity index (χ1n) is 7.60. The average molecular weight is 316 g/mol. The fourth-order valence-electron chi connectivity index (χ4n) is 2.67. The third-order valence-corrected chi connectivity index (χ3v) is 6.53. The Hall–Kier alpha value is -1.11. The summed E-state index contributed by atoms with van der Waals surface area (Å²) in [6, 6.07) is -1.00. The molecule has 2 amide bonds. The lowest BCUT2D eigenvalue weighted by molar-refractivity contribution is -0.149. The van der Waals surface area contributed by atoms with E-state index in [9.17, 15) is 18.0 Å². The second kappa shape index (κ2) is 5.94. The van der Waals surface area contributed by atoms with Gasteiger partial charge in [0.25, 0.3) is 0 Å². The van der Waals surface area contributed by atoms with Gasteiger partial charge in [0, 0.05) is 6.54 Å². The molecule has 2 aliphatic rings. The Bertz CT molecular complexity index is 525. The van der Waals surface area contributed by atoms with E-state index in [1.54, 1.807) is 13.8 Å². The minimum Gasteiger partial charge on any atom is -0.342 e. The van der Waals surface area contributed by atoms with Gasteiger partial charge in [-0.2, -0.15) is 0 Å². The number of hydrogen-bond donors (Lipinski definition) is 1. The van der Waals surface area contributed by atoms with Crippen molar-refractivity contribution in [1.29, 1.82) is 0 Å². The molecule has 2 fully saturated rings. The lowest BCUT2D eigenvalue weighted by Crippen LogP contribution is -2.64. The van der Waals surface area contributed by atoms with Crippen molar-refractivity contribution in [2.75, 3.05) is 12.3 Å². The van der Waals surface area contributed by atoms with Crippen molar-refractivity contribution in [3.05, 3.63) is 0 Å². The van der Waals surface area contributed by atoms with Crippen LogP contribution < -0.4 is 5.32 Å². The number of carbonyl (C=O) groups is 2. The van der Waals surface area contributed by atoms with E-state index in [-0.39, 0.29) is 30.0 Å². The summed E-state index contributed by atoms with van der Waals surface area (Å²) in [6.45, 7) is 5.20. The highest BCUT2D eigenvalue weighted by atomic mass is 32.2. The first kappa shape index (κ1) is 16.3. The van der Waals surface area contributed by atoms with Crippen molar-refractivity contribution < 1.29 is 18.0 Å². The molecule has 2 unspecified atom stereocenters. The Kier molecular flexibility index (Phi) is 4.60. The van der Waals surface area contributed by atoms with E-state index >= 15 is 0 Å². The molecule has 1 saturated heterocycles. The highest BCUT2D eigenvalue weighted by molar-refractivity contribution is 7.92. The normalized spacial score (nSPS) is 27.1. The number of carbonyl (C=O) groups excluding carboxylic acids is 2. The van der Waals surface area contributed by atoms with E-state index in [1.165, 1.54) is 4.90 Å². The highest BCUT2D eigenvalue weighted by Gasteiger charge is 2.46. The van der Waals surface area contributed by atoms with Crippen LogP contribution in [0.3, 0.4) is 0 Å². The SMILES string of the molecule is CCC1C(=O)NC(C2CC2)C(=O)N1CCS(=O)(=O)C(C)C. The quantitative estimate of drug-likeness (QED) is 0.765. The Balaban J connectivity index is 2.12. The van der Waals surface area contributed by atoms with Gasteiger partial charge >= 0.3 is 0 Å². The molecular weight excluding hydrogens is 292 g/mol. The van der Waals surface area contributed by atoms with E-state index in [4.69, 9.17) is 0 Å². The van der Waals surface area contributed by atoms with Crippen molar-refractivity contribution in [3.8, 4) is 0 Å². The first-order chi connectivity index (χ1) is 9.77. The second-order valence-corrected chi connectivity index (χ2v) is 8.87. The molecule has 1 heterocycles. The molecule has 0 radical (unpaired) electrons. The van der Waals surface area contributed by atoms with Crippen LogP contribution in [0.2, 0.25) is 0 Å². The largest absolute Gasteiger partial charge is 0.342 e. The molecule has 2 rings (SSSR count). The van der Waals surface area contributed by atoms with Crippen LogP contribution in [0.1, 0.15) is 40.0 Å². The lowest BCUT2D eigenvalue weighted by Gasteiger charge is -2.38. The fraction of sp³-hybridized carbons (Fsp3) is 0.857. The summed E-state index contributed by atoms with van der Waals surface area (Å²) in [5.74, 6) is -0.139. The molecule has 1 aliphatic heterocycles. The molecular formula is C14H24N2O4S. The maximum absolute atomic E-state index is 12.5. The van der Waals surface area contributed by atoms with Gasteiger partial charge in [0.05, 0.1) is 11.0 Å². The zero-order valence-corrected chi connectivity index (χ0v) is 13.6. The number of hydrogen-bond acceptors (Lipinski definition) is 4. The van der Waals surface area contributed by atoms with Crippen LogP contribution in [0, 0.1) is 5.92 Å². The van der Waals surface area contributed by atoms with Gasteiger partial charge in [-0.05, 0) is 39.0 Å². The van der Waals surface area contributed by atoms with E-state index in [0.717, 1.165) is 12.8 Å². The predicted molar refractivity (Wildman–Crippen MR) is 79.4 cm³/mol. The van der Waals surface area contributed by atoms with Crippen molar-refractivity contribution >= 4 is 21.7 Å². The van der Waals surface area contributed by atoms with Crippen LogP contribution in [0.15, 0.2) is 0 Å². The minimum absolute atomic E-state index is 0.0857. The van der Waals surface area contributed by atoms with Crippen molar-refractivity contribution in [2.45, 2.75) is 57.4 Å². The maximum atomic E-state index is 12.5. The van der Waals surface area contributed by atoms with E-state index < -0.39 is 27.2 Å². The van der Waals surface area contributed by atoms with E-state index in [0.29, 0.717) is 6.42 Å². The summed E-state index contributed by atoms with van der Waals surface area (Å²) < 4.78 is 23.9. The Labute approximate surface area is 126 Å². The molecule has 0 aromatic rings. The van der Waals surface area contributed by atoms with Crippen LogP contribution >= 0.6 is 0 Å². The van der Waals surface area contributed by atoms with Gasteiger partial charge in [-0.15, -0.1) is 0 Å². The van der Waals surface area contributed by atoms with Gasteiger partial charge in [0.2, 0.25) is 11.8 Å². The van der Waals surface area contributed by atoms with Crippen LogP contribution in [0.25, 0.3) is 0 Å². The van der Waals surface area contributed by atoms with Crippen LogP contribution in [0.4, 0.5) is 0 Å². The molecule has 0 aromatic carbocycles. The van der Waals surface area contributed by atoms with Gasteiger partial charge in [-0.25, -0.2) is 8.42 Å². The molecule has 21 heavy (non-hydrogen) atoms. The molecule has 1 N–H and O–H groups in total. The summed E-state index contributed by atoms with van der Waals surface area (Å²) in [5, 5.41) is 2.33. The summed E-state index contributed by atoms with van der Waals surface area (Å²) in [4.78, 5) is 26.1. The Morgan fingerprint density at radius 2 is 1.90 bits per heavy atom. The molecule has 7 heteroatoms. The number of nitrogens with one attached hydrogen (secondary N) is 1. The van der Waals surface area contributed by atoms with Gasteiger partial charge in [-0.3, -0.25) is 9.59 Å². The molecule has 120 valence electrons. The Morgan fingerprint density at radius 1 is 1.29 bits per heavy atom. The molecule has 2 atom stereocenters. The summed E-state index contributed by atoms with van der Waals surface area (Å²) >= 11 is 0. The average Bonchev–Trinajstić information content (AvgIpc) is 3.23. The van der Waals surface area contributed by atoms with E-state index in [1.807, 2.05) is 6.92 Å². The van der Waals surface area contributed by atoms with Crippen molar-refractivity contribution in [2.24, 2.45) is 5.92 Å². The molecule has 0 bridgehead atoms. The zero-order chi connectivity index (χ0) is 15.8. The Morgan fingerprint density at radius 3 is 2.38 bits per heavy atom. The number of piperazine rings is 1. The smallest absolute Gasteiger partial charge is 0.246 e. The summed E-state index contributed by atoms with van der Waals surface area (Å²) in [6.07, 6.45) is 2.40. The molecule has 0 aromatic heterocycles. The van der Waals surface area contributed by atoms with Crippen LogP contribution in [0.5, 0.6) is 0 Å². The van der Waals surface area contributed by atoms with Crippen LogP contribution in [-0.4, -0.2) is 54.8 Å². The maximum Gasteiger partial charge on any atom is 0.246 e. The summed E-state index contributed by atoms with van der Waals surface area (Å²) in [7, 11) is -3.22. The third-order valence-electron chi connectivity index (χ3n) is 4.34. The molecule has 1 aliphatic carbocycles. The topological polar surface area (TPSA) is 83.6 Å². The number of rotatable bonds is 6. The molecule has 0 spiro atoms. The second-order valence-electron chi connectivity index (χ2n) is 6.20. The van der Waals surface area contributed by atoms with Gasteiger partial charge in [0.15, 0.2) is 9.84 Å². The van der Waals surface area contributed by atoms with Crippen LogP contribution in [-0.2, 0) is 19.4 Å². The first-order valence-corrected chi connectivity index (χ1v) is 9.32. The number of amides is 2. The van der Waals surface area contributed by atoms with Gasteiger partial charge < -0.3 is 10.2 Å². The number of sulfone groups is 1. The monoisotopic (exact) mass is 316 g/mol. The predicted octanol–water partition coefficient (Wildman–Crippen LogP) is 0.325. The number of nitrogens with zero attached hydrogens (tertiary/aromatic N) is 1. The van der Waals surface area contributed by atoms with E-state index in [2.05, 4.69) is 5.32 Å². The van der Waals surface area contributed by atoms with Gasteiger partial charge in [-0.1, -0.05) is 6.92 Å². The zero-order valence-electron chi connectivity index (χ0n) is 12.8. The minimum atomic E-state index is -3.22. The standard InChI is InChI=1S/C14H24N2O4S/c1-4-11-13(17)15-12(10-5-6-10)14(18)16(11)7-8-21(19,20)9(2)3/h9-12H,4-8H2,1-3H3,(H,15,17).